The molecule has 0 saturated heterocycles. The number of alkyl halides is 5. The van der Waals surface area contributed by atoms with Crippen molar-refractivity contribution < 1.29 is 22.0 Å². The molecule has 5 heteroatoms. The highest BCUT2D eigenvalue weighted by atomic mass is 19.3. The van der Waals surface area contributed by atoms with Gasteiger partial charge >= 0.3 is 11.8 Å². The van der Waals surface area contributed by atoms with Crippen molar-refractivity contribution in [3.8, 4) is 0 Å². The molecular weight excluding hydrogens is 179 g/mol. The largest absolute Gasteiger partial charge is 0.343 e. The fraction of sp³-hybridized carbons (Fsp3) is 1.00. The summed E-state index contributed by atoms with van der Waals surface area (Å²) in [5.41, 5.74) is -3.03. The van der Waals surface area contributed by atoms with Gasteiger partial charge in [-0.2, -0.15) is 17.6 Å². The molecule has 72 valence electrons. The van der Waals surface area contributed by atoms with Gasteiger partial charge in [0.25, 0.3) is 0 Å². The second kappa shape index (κ2) is 2.12. The molecule has 1 aliphatic rings. The summed E-state index contributed by atoms with van der Waals surface area (Å²) in [6.45, 7) is 2.34. The highest BCUT2D eigenvalue weighted by Crippen LogP contribution is 2.62. The lowest BCUT2D eigenvalue weighted by molar-refractivity contribution is -0.368. The predicted molar refractivity (Wildman–Crippen MR) is 33.2 cm³/mol. The minimum Gasteiger partial charge on any atom is -0.236 e. The van der Waals surface area contributed by atoms with Crippen molar-refractivity contribution in [3.63, 3.8) is 0 Å². The van der Waals surface area contributed by atoms with Crippen LogP contribution in [0.25, 0.3) is 0 Å². The third kappa shape index (κ3) is 0.821. The standard InChI is InChI=1S/C7H9F5/c1-4(2)5(8)3-6(9,10)7(5,11)12/h4H,3H2,1-2H3. The van der Waals surface area contributed by atoms with E-state index in [2.05, 4.69) is 0 Å². The van der Waals surface area contributed by atoms with Crippen LogP contribution in [0.5, 0.6) is 0 Å². The summed E-state index contributed by atoms with van der Waals surface area (Å²) in [6.07, 6.45) is -1.37. The molecule has 0 aliphatic heterocycles. The average Bonchev–Trinajstić information content (AvgIpc) is 1.85. The SMILES string of the molecule is CC(C)C1(F)CC(F)(F)C1(F)F. The van der Waals surface area contributed by atoms with Crippen molar-refractivity contribution >= 4 is 0 Å². The van der Waals surface area contributed by atoms with Gasteiger partial charge in [-0.1, -0.05) is 13.8 Å². The van der Waals surface area contributed by atoms with E-state index in [1.807, 2.05) is 0 Å². The van der Waals surface area contributed by atoms with Crippen molar-refractivity contribution in [3.05, 3.63) is 0 Å². The molecule has 1 rings (SSSR count). The van der Waals surface area contributed by atoms with Gasteiger partial charge < -0.3 is 0 Å². The fourth-order valence-corrected chi connectivity index (χ4v) is 1.31. The van der Waals surface area contributed by atoms with E-state index in [1.165, 1.54) is 13.8 Å². The molecule has 0 N–H and O–H groups in total. The lowest BCUT2D eigenvalue weighted by atomic mass is 9.67. The molecule has 0 radical (unpaired) electrons. The topological polar surface area (TPSA) is 0 Å². The van der Waals surface area contributed by atoms with Gasteiger partial charge in [-0.15, -0.1) is 0 Å². The summed E-state index contributed by atoms with van der Waals surface area (Å²) >= 11 is 0. The summed E-state index contributed by atoms with van der Waals surface area (Å²) in [4.78, 5) is 0. The van der Waals surface area contributed by atoms with Crippen LogP contribution in [-0.2, 0) is 0 Å². The van der Waals surface area contributed by atoms with Crippen molar-refractivity contribution in [2.24, 2.45) is 5.92 Å². The summed E-state index contributed by atoms with van der Waals surface area (Å²) < 4.78 is 62.4. The van der Waals surface area contributed by atoms with Crippen LogP contribution < -0.4 is 0 Å². The maximum Gasteiger partial charge on any atom is 0.343 e. The molecule has 0 aromatic rings. The van der Waals surface area contributed by atoms with Crippen LogP contribution in [0, 0.1) is 5.92 Å². The Kier molecular flexibility index (Phi) is 1.72. The molecule has 0 spiro atoms. The van der Waals surface area contributed by atoms with Gasteiger partial charge in [0.05, 0.1) is 6.42 Å². The van der Waals surface area contributed by atoms with Crippen LogP contribution in [0.4, 0.5) is 22.0 Å². The first-order valence-corrected chi connectivity index (χ1v) is 3.60. The van der Waals surface area contributed by atoms with E-state index in [0.29, 0.717) is 0 Å². The second-order valence-corrected chi connectivity index (χ2v) is 3.47. The van der Waals surface area contributed by atoms with Crippen molar-refractivity contribution in [1.82, 2.24) is 0 Å². The predicted octanol–water partition coefficient (Wildman–Crippen LogP) is 3.03. The van der Waals surface area contributed by atoms with Crippen LogP contribution in [0.2, 0.25) is 0 Å². The van der Waals surface area contributed by atoms with Crippen LogP contribution in [-0.4, -0.2) is 17.5 Å². The molecular formula is C7H9F5. The Morgan fingerprint density at radius 2 is 1.42 bits per heavy atom. The van der Waals surface area contributed by atoms with E-state index in [0.717, 1.165) is 0 Å². The van der Waals surface area contributed by atoms with E-state index in [1.54, 1.807) is 0 Å². The summed E-state index contributed by atoms with van der Waals surface area (Å²) in [5.74, 6) is -9.77. The van der Waals surface area contributed by atoms with Gasteiger partial charge in [0.15, 0.2) is 5.67 Å². The Morgan fingerprint density at radius 1 is 1.00 bits per heavy atom. The smallest absolute Gasteiger partial charge is 0.236 e. The molecule has 12 heavy (non-hydrogen) atoms. The van der Waals surface area contributed by atoms with Crippen LogP contribution in [0.15, 0.2) is 0 Å². The first kappa shape index (κ1) is 9.74. The van der Waals surface area contributed by atoms with E-state index in [9.17, 15) is 22.0 Å². The highest BCUT2D eigenvalue weighted by Gasteiger charge is 2.82. The molecule has 0 heterocycles. The zero-order valence-electron chi connectivity index (χ0n) is 6.67. The van der Waals surface area contributed by atoms with Crippen LogP contribution in [0.3, 0.4) is 0 Å². The minimum atomic E-state index is -4.51. The Balaban J connectivity index is 2.91. The summed E-state index contributed by atoms with van der Waals surface area (Å²) in [7, 11) is 0. The Hall–Kier alpha value is -0.350. The lowest BCUT2D eigenvalue weighted by Gasteiger charge is -2.50. The van der Waals surface area contributed by atoms with Gasteiger partial charge in [0.2, 0.25) is 0 Å². The Bertz CT molecular complexity index is 195. The number of hydrogen-bond donors (Lipinski definition) is 0. The molecule has 0 aromatic carbocycles. The van der Waals surface area contributed by atoms with Crippen molar-refractivity contribution in [2.75, 3.05) is 0 Å². The first-order valence-electron chi connectivity index (χ1n) is 3.60. The maximum absolute atomic E-state index is 13.1. The van der Waals surface area contributed by atoms with E-state index >= 15 is 0 Å². The number of halogens is 5. The zero-order valence-corrected chi connectivity index (χ0v) is 6.67. The second-order valence-electron chi connectivity index (χ2n) is 3.47. The summed E-state index contributed by atoms with van der Waals surface area (Å²) in [5, 5.41) is 0. The van der Waals surface area contributed by atoms with Crippen molar-refractivity contribution in [1.29, 1.82) is 0 Å². The van der Waals surface area contributed by atoms with E-state index in [-0.39, 0.29) is 0 Å². The quantitative estimate of drug-likeness (QED) is 0.555. The molecule has 1 saturated carbocycles. The third-order valence-electron chi connectivity index (χ3n) is 2.38. The Morgan fingerprint density at radius 3 is 1.50 bits per heavy atom. The normalized spacial score (nSPS) is 38.0. The van der Waals surface area contributed by atoms with Gasteiger partial charge in [-0.25, -0.2) is 4.39 Å². The van der Waals surface area contributed by atoms with E-state index < -0.39 is 29.9 Å². The number of rotatable bonds is 1. The highest BCUT2D eigenvalue weighted by molar-refractivity contribution is 5.16. The lowest BCUT2D eigenvalue weighted by Crippen LogP contribution is -2.71. The maximum atomic E-state index is 13.1. The number of hydrogen-bond acceptors (Lipinski definition) is 0. The monoisotopic (exact) mass is 188 g/mol. The Labute approximate surface area is 66.8 Å². The van der Waals surface area contributed by atoms with Gasteiger partial charge in [-0.3, -0.25) is 0 Å². The molecule has 0 amide bonds. The molecule has 1 aliphatic carbocycles. The van der Waals surface area contributed by atoms with Crippen LogP contribution >= 0.6 is 0 Å². The first-order chi connectivity index (χ1) is 5.15. The third-order valence-corrected chi connectivity index (χ3v) is 2.38. The minimum absolute atomic E-state index is 1.09. The molecule has 0 nitrogen and oxygen atoms in total. The molecule has 0 bridgehead atoms. The fourth-order valence-electron chi connectivity index (χ4n) is 1.31. The zero-order chi connectivity index (χ0) is 9.78. The molecule has 0 aromatic heterocycles. The summed E-state index contributed by atoms with van der Waals surface area (Å²) in [6, 6.07) is 0. The average molecular weight is 188 g/mol. The molecule has 1 unspecified atom stereocenters. The van der Waals surface area contributed by atoms with Gasteiger partial charge in [-0.05, 0) is 5.92 Å². The molecule has 1 fully saturated rings. The van der Waals surface area contributed by atoms with Crippen molar-refractivity contribution in [2.45, 2.75) is 37.8 Å². The van der Waals surface area contributed by atoms with Crippen LogP contribution in [0.1, 0.15) is 20.3 Å². The molecule has 1 atom stereocenters. The van der Waals surface area contributed by atoms with Gasteiger partial charge in [0.1, 0.15) is 0 Å². The van der Waals surface area contributed by atoms with E-state index in [4.69, 9.17) is 0 Å². The van der Waals surface area contributed by atoms with Gasteiger partial charge in [0, 0.05) is 0 Å².